The van der Waals surface area contributed by atoms with E-state index < -0.39 is 17.8 Å². The number of benzene rings is 2. The number of hydrogen-bond donors (Lipinski definition) is 4. The van der Waals surface area contributed by atoms with Crippen LogP contribution in [0, 0.1) is 0 Å². The Morgan fingerprint density at radius 1 is 0.773 bits per heavy atom. The molecule has 1 aliphatic carbocycles. The normalized spacial score (nSPS) is 21.4. The molecule has 0 heterocycles. The Bertz CT molecular complexity index is 744. The topological polar surface area (TPSA) is 98.0 Å². The molecular formula is C17H14O5. The van der Waals surface area contributed by atoms with E-state index in [1.54, 1.807) is 0 Å². The summed E-state index contributed by atoms with van der Waals surface area (Å²) in [7, 11) is 0. The lowest BCUT2D eigenvalue weighted by Gasteiger charge is -2.14. The van der Waals surface area contributed by atoms with Gasteiger partial charge in [0.15, 0.2) is 5.78 Å². The van der Waals surface area contributed by atoms with E-state index in [0.717, 1.165) is 0 Å². The van der Waals surface area contributed by atoms with Gasteiger partial charge in [0.2, 0.25) is 0 Å². The van der Waals surface area contributed by atoms with E-state index >= 15 is 0 Å². The molecule has 2 atom stereocenters. The van der Waals surface area contributed by atoms with Crippen molar-refractivity contribution in [3.8, 4) is 11.5 Å². The van der Waals surface area contributed by atoms with Crippen molar-refractivity contribution in [2.45, 2.75) is 12.0 Å². The van der Waals surface area contributed by atoms with Gasteiger partial charge in [-0.2, -0.15) is 0 Å². The molecule has 1 aliphatic rings. The molecule has 0 saturated heterocycles. The lowest BCUT2D eigenvalue weighted by Crippen LogP contribution is -2.20. The first-order valence-electron chi connectivity index (χ1n) is 6.73. The van der Waals surface area contributed by atoms with Crippen molar-refractivity contribution in [3.63, 3.8) is 0 Å². The van der Waals surface area contributed by atoms with Crippen LogP contribution in [-0.2, 0) is 4.79 Å². The van der Waals surface area contributed by atoms with Crippen molar-refractivity contribution in [2.24, 2.45) is 0 Å². The quantitative estimate of drug-likeness (QED) is 0.680. The number of carbonyl (C=O) groups is 1. The maximum absolute atomic E-state index is 12.6. The standard InChI is InChI=1S/C17H14O5/c18-11-5-1-9(2-6-11)13-15(20)14(17(22)16(13)21)10-3-7-12(19)8-4-10/h1-8,13,16,18-19,21-22H/t13-,16-/m0/s1. The molecular weight excluding hydrogens is 284 g/mol. The van der Waals surface area contributed by atoms with Crippen molar-refractivity contribution in [1.29, 1.82) is 0 Å². The summed E-state index contributed by atoms with van der Waals surface area (Å²) in [6.45, 7) is 0. The van der Waals surface area contributed by atoms with E-state index in [0.29, 0.717) is 11.1 Å². The predicted molar refractivity (Wildman–Crippen MR) is 79.5 cm³/mol. The summed E-state index contributed by atoms with van der Waals surface area (Å²) in [5, 5.41) is 38.9. The van der Waals surface area contributed by atoms with E-state index in [1.165, 1.54) is 48.5 Å². The van der Waals surface area contributed by atoms with E-state index in [-0.39, 0.29) is 22.8 Å². The van der Waals surface area contributed by atoms with Gasteiger partial charge in [-0.15, -0.1) is 0 Å². The molecule has 22 heavy (non-hydrogen) atoms. The number of aliphatic hydroxyl groups is 2. The van der Waals surface area contributed by atoms with E-state index in [1.807, 2.05) is 0 Å². The van der Waals surface area contributed by atoms with Crippen LogP contribution in [0.25, 0.3) is 5.57 Å². The largest absolute Gasteiger partial charge is 0.509 e. The summed E-state index contributed by atoms with van der Waals surface area (Å²) < 4.78 is 0. The molecule has 2 aromatic rings. The molecule has 5 heteroatoms. The second-order valence-electron chi connectivity index (χ2n) is 5.19. The third-order valence-corrected chi connectivity index (χ3v) is 3.79. The van der Waals surface area contributed by atoms with Crippen LogP contribution in [0.5, 0.6) is 11.5 Å². The van der Waals surface area contributed by atoms with Gasteiger partial charge in [0, 0.05) is 0 Å². The van der Waals surface area contributed by atoms with Crippen LogP contribution in [-0.4, -0.2) is 32.3 Å². The number of rotatable bonds is 2. The zero-order chi connectivity index (χ0) is 15.9. The molecule has 0 amide bonds. The summed E-state index contributed by atoms with van der Waals surface area (Å²) in [5.74, 6) is -1.59. The van der Waals surface area contributed by atoms with Crippen LogP contribution in [0.3, 0.4) is 0 Å². The van der Waals surface area contributed by atoms with Gasteiger partial charge in [0.25, 0.3) is 0 Å². The summed E-state index contributed by atoms with van der Waals surface area (Å²) in [5.41, 5.74) is 0.988. The van der Waals surface area contributed by atoms with E-state index in [4.69, 9.17) is 0 Å². The number of allylic oxidation sites excluding steroid dienone is 1. The predicted octanol–water partition coefficient (Wildman–Crippen LogP) is 2.09. The molecule has 0 aliphatic heterocycles. The smallest absolute Gasteiger partial charge is 0.177 e. The van der Waals surface area contributed by atoms with Crippen molar-refractivity contribution >= 4 is 11.4 Å². The Labute approximate surface area is 126 Å². The number of carbonyl (C=O) groups excluding carboxylic acids is 1. The third kappa shape index (κ3) is 2.21. The fraction of sp³-hybridized carbons (Fsp3) is 0.118. The zero-order valence-electron chi connectivity index (χ0n) is 11.5. The molecule has 0 fully saturated rings. The average molecular weight is 298 g/mol. The van der Waals surface area contributed by atoms with Gasteiger partial charge in [-0.1, -0.05) is 24.3 Å². The van der Waals surface area contributed by atoms with Crippen LogP contribution in [0.4, 0.5) is 0 Å². The van der Waals surface area contributed by atoms with Gasteiger partial charge in [0.1, 0.15) is 23.4 Å². The molecule has 3 rings (SSSR count). The molecule has 0 spiro atoms. The summed E-state index contributed by atoms with van der Waals surface area (Å²) in [4.78, 5) is 12.6. The molecule has 5 nitrogen and oxygen atoms in total. The van der Waals surface area contributed by atoms with Crippen LogP contribution in [0.1, 0.15) is 17.0 Å². The summed E-state index contributed by atoms with van der Waals surface area (Å²) in [6, 6.07) is 11.7. The highest BCUT2D eigenvalue weighted by atomic mass is 16.3. The molecule has 0 saturated carbocycles. The van der Waals surface area contributed by atoms with E-state index in [2.05, 4.69) is 0 Å². The fourth-order valence-corrected chi connectivity index (χ4v) is 2.66. The second kappa shape index (κ2) is 5.20. The molecule has 0 bridgehead atoms. The Balaban J connectivity index is 2.01. The molecule has 112 valence electrons. The Morgan fingerprint density at radius 2 is 1.27 bits per heavy atom. The molecule has 0 unspecified atom stereocenters. The number of Topliss-reactive ketones (excluding diaryl/α,β-unsaturated/α-hetero) is 1. The minimum atomic E-state index is -1.33. The summed E-state index contributed by atoms with van der Waals surface area (Å²) in [6.07, 6.45) is -1.33. The van der Waals surface area contributed by atoms with E-state index in [9.17, 15) is 25.2 Å². The lowest BCUT2D eigenvalue weighted by molar-refractivity contribution is -0.115. The van der Waals surface area contributed by atoms with Gasteiger partial charge in [-0.3, -0.25) is 4.79 Å². The zero-order valence-corrected chi connectivity index (χ0v) is 11.5. The number of aromatic hydroxyl groups is 2. The summed E-state index contributed by atoms with van der Waals surface area (Å²) >= 11 is 0. The van der Waals surface area contributed by atoms with Crippen molar-refractivity contribution in [2.75, 3.05) is 0 Å². The average Bonchev–Trinajstić information content (AvgIpc) is 2.72. The first-order valence-corrected chi connectivity index (χ1v) is 6.73. The Kier molecular flexibility index (Phi) is 3.35. The van der Waals surface area contributed by atoms with Crippen LogP contribution in [0.2, 0.25) is 0 Å². The van der Waals surface area contributed by atoms with Gasteiger partial charge in [-0.05, 0) is 35.4 Å². The first-order chi connectivity index (χ1) is 10.5. The molecule has 2 aromatic carbocycles. The minimum absolute atomic E-state index is 0.0462. The third-order valence-electron chi connectivity index (χ3n) is 3.79. The maximum Gasteiger partial charge on any atom is 0.177 e. The van der Waals surface area contributed by atoms with Gasteiger partial charge >= 0.3 is 0 Å². The van der Waals surface area contributed by atoms with Gasteiger partial charge in [-0.25, -0.2) is 0 Å². The number of phenols is 2. The van der Waals surface area contributed by atoms with Gasteiger partial charge < -0.3 is 20.4 Å². The maximum atomic E-state index is 12.6. The monoisotopic (exact) mass is 298 g/mol. The SMILES string of the molecule is O=C1C(c2ccc(O)cc2)=C(O)[C@@H](O)[C@H]1c1ccc(O)cc1. The molecule has 0 aromatic heterocycles. The molecule has 0 radical (unpaired) electrons. The lowest BCUT2D eigenvalue weighted by atomic mass is 9.91. The second-order valence-corrected chi connectivity index (χ2v) is 5.19. The van der Waals surface area contributed by atoms with Gasteiger partial charge in [0.05, 0.1) is 11.5 Å². The number of phenolic OH excluding ortho intramolecular Hbond substituents is 2. The van der Waals surface area contributed by atoms with Crippen LogP contribution < -0.4 is 0 Å². The first kappa shape index (κ1) is 14.2. The fourth-order valence-electron chi connectivity index (χ4n) is 2.66. The highest BCUT2D eigenvalue weighted by Gasteiger charge is 2.42. The van der Waals surface area contributed by atoms with Crippen molar-refractivity contribution < 1.29 is 25.2 Å². The Hall–Kier alpha value is -2.79. The van der Waals surface area contributed by atoms with Crippen molar-refractivity contribution in [1.82, 2.24) is 0 Å². The minimum Gasteiger partial charge on any atom is -0.509 e. The van der Waals surface area contributed by atoms with Crippen LogP contribution >= 0.6 is 0 Å². The number of ketones is 1. The van der Waals surface area contributed by atoms with Crippen molar-refractivity contribution in [3.05, 3.63) is 65.4 Å². The Morgan fingerprint density at radius 3 is 1.82 bits per heavy atom. The highest BCUT2D eigenvalue weighted by Crippen LogP contribution is 2.40. The number of hydrogen-bond acceptors (Lipinski definition) is 5. The van der Waals surface area contributed by atoms with Crippen LogP contribution in [0.15, 0.2) is 54.3 Å². The highest BCUT2D eigenvalue weighted by molar-refractivity contribution is 6.26. The number of aliphatic hydroxyl groups excluding tert-OH is 2. The molecule has 4 N–H and O–H groups in total.